The highest BCUT2D eigenvalue weighted by Gasteiger charge is 2.31. The first-order valence-corrected chi connectivity index (χ1v) is 8.78. The summed E-state index contributed by atoms with van der Waals surface area (Å²) < 4.78 is 6.96. The van der Waals surface area contributed by atoms with E-state index in [1.165, 1.54) is 0 Å². The molecule has 6 nitrogen and oxygen atoms in total. The molecule has 1 fully saturated rings. The van der Waals surface area contributed by atoms with Crippen molar-refractivity contribution in [2.24, 2.45) is 11.7 Å². The van der Waals surface area contributed by atoms with Crippen LogP contribution in [0.1, 0.15) is 35.7 Å². The number of methoxy groups -OCH3 is 1. The van der Waals surface area contributed by atoms with E-state index in [-0.39, 0.29) is 11.9 Å². The molecule has 1 aliphatic heterocycles. The molecule has 0 aliphatic carbocycles. The van der Waals surface area contributed by atoms with Crippen LogP contribution < -0.4 is 10.5 Å². The smallest absolute Gasteiger partial charge is 0.257 e. The number of hydrogen-bond acceptors (Lipinski definition) is 4. The number of ether oxygens (including phenoxy) is 1. The van der Waals surface area contributed by atoms with Gasteiger partial charge in [0.2, 0.25) is 0 Å². The lowest BCUT2D eigenvalue weighted by Crippen LogP contribution is -2.51. The second-order valence-corrected chi connectivity index (χ2v) is 6.70. The van der Waals surface area contributed by atoms with Crippen LogP contribution in [-0.4, -0.2) is 46.8 Å². The Morgan fingerprint density at radius 1 is 1.36 bits per heavy atom. The number of nitrogens with zero attached hydrogens (tertiary/aromatic N) is 3. The molecule has 1 amide bonds. The number of rotatable bonds is 5. The average Bonchev–Trinajstić information content (AvgIpc) is 3.10. The summed E-state index contributed by atoms with van der Waals surface area (Å²) in [4.78, 5) is 14.8. The normalized spacial score (nSPS) is 20.5. The zero-order valence-corrected chi connectivity index (χ0v) is 14.9. The third-order valence-corrected chi connectivity index (χ3v) is 5.00. The van der Waals surface area contributed by atoms with Gasteiger partial charge in [0.1, 0.15) is 5.75 Å². The Balaban J connectivity index is 1.70. The molecule has 3 rings (SSSR count). The van der Waals surface area contributed by atoms with Crippen molar-refractivity contribution in [3.63, 3.8) is 0 Å². The molecule has 0 unspecified atom stereocenters. The number of aromatic nitrogens is 2. The first kappa shape index (κ1) is 17.5. The van der Waals surface area contributed by atoms with E-state index in [1.54, 1.807) is 18.0 Å². The number of carbonyl (C=O) groups is 1. The number of hydrogen-bond donors (Lipinski definition) is 1. The van der Waals surface area contributed by atoms with Crippen molar-refractivity contribution in [2.45, 2.75) is 32.4 Å². The van der Waals surface area contributed by atoms with Crippen molar-refractivity contribution in [2.75, 3.05) is 20.2 Å². The number of carbonyl (C=O) groups excluding carboxylic acids is 1. The fraction of sp³-hybridized carbons (Fsp3) is 0.474. The van der Waals surface area contributed by atoms with Gasteiger partial charge in [-0.2, -0.15) is 5.10 Å². The Morgan fingerprint density at radius 2 is 2.12 bits per heavy atom. The molecule has 134 valence electrons. The van der Waals surface area contributed by atoms with Crippen molar-refractivity contribution in [1.82, 2.24) is 14.7 Å². The van der Waals surface area contributed by atoms with E-state index in [0.29, 0.717) is 24.6 Å². The molecule has 2 aromatic rings. The highest BCUT2D eigenvalue weighted by atomic mass is 16.5. The number of piperidine rings is 1. The minimum absolute atomic E-state index is 0.0305. The van der Waals surface area contributed by atoms with E-state index in [1.807, 2.05) is 35.4 Å². The molecule has 2 N–H and O–H groups in total. The molecule has 1 saturated heterocycles. The summed E-state index contributed by atoms with van der Waals surface area (Å²) >= 11 is 0. The first-order valence-electron chi connectivity index (χ1n) is 8.78. The molecule has 6 heteroatoms. The molecule has 1 aromatic heterocycles. The first-order chi connectivity index (χ1) is 12.1. The lowest BCUT2D eigenvalue weighted by molar-refractivity contribution is 0.0532. The Hall–Kier alpha value is -2.34. The minimum Gasteiger partial charge on any atom is -0.497 e. The fourth-order valence-electron chi connectivity index (χ4n) is 3.51. The number of likely N-dealkylation sites (tertiary alicyclic amines) is 1. The zero-order chi connectivity index (χ0) is 17.8. The summed E-state index contributed by atoms with van der Waals surface area (Å²) in [5, 5.41) is 4.35. The monoisotopic (exact) mass is 342 g/mol. The molecule has 0 saturated carbocycles. The second kappa shape index (κ2) is 7.70. The van der Waals surface area contributed by atoms with E-state index in [0.717, 1.165) is 30.7 Å². The van der Waals surface area contributed by atoms with Crippen molar-refractivity contribution >= 4 is 5.91 Å². The number of benzene rings is 1. The zero-order valence-electron chi connectivity index (χ0n) is 14.9. The number of nitrogens with two attached hydrogens (primary N) is 1. The van der Waals surface area contributed by atoms with Crippen LogP contribution in [0.25, 0.3) is 0 Å². The topological polar surface area (TPSA) is 73.4 Å². The van der Waals surface area contributed by atoms with E-state index < -0.39 is 0 Å². The quantitative estimate of drug-likeness (QED) is 0.903. The maximum absolute atomic E-state index is 12.9. The van der Waals surface area contributed by atoms with Gasteiger partial charge < -0.3 is 15.4 Å². The molecule has 2 atom stereocenters. The number of amides is 1. The lowest BCUT2D eigenvalue weighted by Gasteiger charge is -2.39. The molecule has 2 heterocycles. The van der Waals surface area contributed by atoms with Gasteiger partial charge in [-0.15, -0.1) is 0 Å². The highest BCUT2D eigenvalue weighted by molar-refractivity contribution is 5.94. The van der Waals surface area contributed by atoms with Crippen LogP contribution in [0.2, 0.25) is 0 Å². The van der Waals surface area contributed by atoms with Crippen LogP contribution >= 0.6 is 0 Å². The van der Waals surface area contributed by atoms with Crippen LogP contribution in [0.15, 0.2) is 36.7 Å². The van der Waals surface area contributed by atoms with Gasteiger partial charge >= 0.3 is 0 Å². The Labute approximate surface area is 148 Å². The lowest BCUT2D eigenvalue weighted by atomic mass is 9.90. The van der Waals surface area contributed by atoms with Gasteiger partial charge in [0.25, 0.3) is 5.91 Å². The van der Waals surface area contributed by atoms with Crippen molar-refractivity contribution in [1.29, 1.82) is 0 Å². The van der Waals surface area contributed by atoms with E-state index in [4.69, 9.17) is 10.5 Å². The predicted octanol–water partition coefficient (Wildman–Crippen LogP) is 2.14. The molecule has 0 bridgehead atoms. The predicted molar refractivity (Wildman–Crippen MR) is 96.6 cm³/mol. The fourth-order valence-corrected chi connectivity index (χ4v) is 3.51. The molecular weight excluding hydrogens is 316 g/mol. The third-order valence-electron chi connectivity index (χ3n) is 5.00. The van der Waals surface area contributed by atoms with E-state index in [2.05, 4.69) is 12.0 Å². The summed E-state index contributed by atoms with van der Waals surface area (Å²) in [6.45, 7) is 4.07. The van der Waals surface area contributed by atoms with E-state index in [9.17, 15) is 4.79 Å². The van der Waals surface area contributed by atoms with Crippen LogP contribution in [0.3, 0.4) is 0 Å². The summed E-state index contributed by atoms with van der Waals surface area (Å²) in [5.41, 5.74) is 7.64. The average molecular weight is 342 g/mol. The van der Waals surface area contributed by atoms with Gasteiger partial charge in [-0.3, -0.25) is 9.48 Å². The van der Waals surface area contributed by atoms with Crippen LogP contribution in [0.5, 0.6) is 5.75 Å². The Bertz CT molecular complexity index is 710. The second-order valence-electron chi connectivity index (χ2n) is 6.70. The van der Waals surface area contributed by atoms with Gasteiger partial charge in [0.15, 0.2) is 0 Å². The van der Waals surface area contributed by atoms with Crippen molar-refractivity contribution < 1.29 is 9.53 Å². The van der Waals surface area contributed by atoms with Gasteiger partial charge in [-0.05, 0) is 36.5 Å². The molecule has 0 radical (unpaired) electrons. The van der Waals surface area contributed by atoms with Crippen LogP contribution in [-0.2, 0) is 6.54 Å². The van der Waals surface area contributed by atoms with Crippen LogP contribution in [0, 0.1) is 5.92 Å². The molecule has 1 aromatic carbocycles. The van der Waals surface area contributed by atoms with Gasteiger partial charge in [-0.25, -0.2) is 0 Å². The highest BCUT2D eigenvalue weighted by Crippen LogP contribution is 2.24. The van der Waals surface area contributed by atoms with Gasteiger partial charge in [0, 0.05) is 25.3 Å². The van der Waals surface area contributed by atoms with Gasteiger partial charge in [-0.1, -0.05) is 19.1 Å². The third kappa shape index (κ3) is 3.85. The summed E-state index contributed by atoms with van der Waals surface area (Å²) in [5.74, 6) is 1.30. The Morgan fingerprint density at radius 3 is 2.80 bits per heavy atom. The van der Waals surface area contributed by atoms with Crippen LogP contribution in [0.4, 0.5) is 0 Å². The van der Waals surface area contributed by atoms with Crippen molar-refractivity contribution in [3.8, 4) is 5.75 Å². The maximum atomic E-state index is 12.9. The van der Waals surface area contributed by atoms with E-state index >= 15 is 0 Å². The minimum atomic E-state index is 0.0305. The molecule has 0 spiro atoms. The maximum Gasteiger partial charge on any atom is 0.257 e. The largest absolute Gasteiger partial charge is 0.497 e. The van der Waals surface area contributed by atoms with Gasteiger partial charge in [0.05, 0.1) is 25.4 Å². The molecule has 25 heavy (non-hydrogen) atoms. The Kier molecular flexibility index (Phi) is 5.38. The molecule has 1 aliphatic rings. The summed E-state index contributed by atoms with van der Waals surface area (Å²) in [7, 11) is 1.65. The summed E-state index contributed by atoms with van der Waals surface area (Å²) in [6, 6.07) is 7.96. The SMILES string of the molecule is COc1ccc(Cn2cc(C(=O)N3CCC[C@H](C)[C@@H]3CN)cn2)cc1. The summed E-state index contributed by atoms with van der Waals surface area (Å²) in [6.07, 6.45) is 5.63. The van der Waals surface area contributed by atoms with Crippen molar-refractivity contribution in [3.05, 3.63) is 47.8 Å². The standard InChI is InChI=1S/C19H26N4O2/c1-14-4-3-9-23(18(14)10-20)19(24)16-11-21-22(13-16)12-15-5-7-17(25-2)8-6-15/h5-8,11,13-14,18H,3-4,9-10,12,20H2,1-2H3/t14-,18-/m0/s1. The molecular formula is C19H26N4O2.